The van der Waals surface area contributed by atoms with Crippen LogP contribution in [0.2, 0.25) is 0 Å². The molecule has 2 heteroatoms. The summed E-state index contributed by atoms with van der Waals surface area (Å²) in [5.74, 6) is -0.637. The van der Waals surface area contributed by atoms with Crippen molar-refractivity contribution in [3.63, 3.8) is 0 Å². The predicted octanol–water partition coefficient (Wildman–Crippen LogP) is 2.71. The fourth-order valence-electron chi connectivity index (χ4n) is 2.18. The highest BCUT2D eigenvalue weighted by Crippen LogP contribution is 2.48. The van der Waals surface area contributed by atoms with E-state index in [1.807, 2.05) is 0 Å². The highest BCUT2D eigenvalue weighted by atomic mass is 16.4. The van der Waals surface area contributed by atoms with Crippen molar-refractivity contribution in [3.05, 3.63) is 34.9 Å². The molecule has 0 unspecified atom stereocenters. The summed E-state index contributed by atoms with van der Waals surface area (Å²) in [5, 5.41) is 9.10. The van der Waals surface area contributed by atoms with E-state index in [0.717, 1.165) is 18.4 Å². The number of hydrogen-bond donors (Lipinski definition) is 1. The normalized spacial score (nSPS) is 17.5. The van der Waals surface area contributed by atoms with Crippen molar-refractivity contribution in [2.24, 2.45) is 5.41 Å². The predicted molar refractivity (Wildman–Crippen MR) is 58.9 cm³/mol. The largest absolute Gasteiger partial charge is 0.481 e. The molecule has 0 radical (unpaired) electrons. The zero-order chi connectivity index (χ0) is 11.1. The molecule has 1 aromatic carbocycles. The van der Waals surface area contributed by atoms with Crippen LogP contribution in [0.15, 0.2) is 18.2 Å². The molecular weight excluding hydrogens is 188 g/mol. The van der Waals surface area contributed by atoms with E-state index in [1.165, 1.54) is 11.1 Å². The number of hydrogen-bond acceptors (Lipinski definition) is 1. The molecule has 1 aliphatic carbocycles. The van der Waals surface area contributed by atoms with Crippen LogP contribution in [0.25, 0.3) is 0 Å². The zero-order valence-corrected chi connectivity index (χ0v) is 9.21. The van der Waals surface area contributed by atoms with Gasteiger partial charge >= 0.3 is 5.97 Å². The Kier molecular flexibility index (Phi) is 2.29. The minimum atomic E-state index is -0.637. The van der Waals surface area contributed by atoms with Gasteiger partial charge in [0.05, 0.1) is 5.41 Å². The lowest BCUT2D eigenvalue weighted by atomic mass is 9.94. The minimum absolute atomic E-state index is 0.444. The molecule has 0 heterocycles. The van der Waals surface area contributed by atoms with E-state index in [4.69, 9.17) is 5.11 Å². The summed E-state index contributed by atoms with van der Waals surface area (Å²) in [6.45, 7) is 4.10. The van der Waals surface area contributed by atoms with E-state index < -0.39 is 11.4 Å². The van der Waals surface area contributed by atoms with Gasteiger partial charge in [0.25, 0.3) is 0 Å². The lowest BCUT2D eigenvalue weighted by Gasteiger charge is -2.10. The summed E-state index contributed by atoms with van der Waals surface area (Å²) in [4.78, 5) is 11.1. The molecule has 0 atom stereocenters. The molecule has 1 aromatic rings. The molecule has 1 fully saturated rings. The number of carbonyl (C=O) groups is 1. The van der Waals surface area contributed by atoms with Gasteiger partial charge in [0.15, 0.2) is 0 Å². The van der Waals surface area contributed by atoms with Gasteiger partial charge < -0.3 is 5.11 Å². The number of aliphatic carboxylic acids is 1. The summed E-state index contributed by atoms with van der Waals surface area (Å²) in [5.41, 5.74) is 3.14. The Morgan fingerprint density at radius 1 is 1.27 bits per heavy atom. The summed E-state index contributed by atoms with van der Waals surface area (Å²) in [7, 11) is 0. The number of carboxylic acids is 1. The van der Waals surface area contributed by atoms with Gasteiger partial charge in [-0.15, -0.1) is 0 Å². The van der Waals surface area contributed by atoms with Gasteiger partial charge in [0.1, 0.15) is 0 Å². The van der Waals surface area contributed by atoms with Crippen molar-refractivity contribution < 1.29 is 9.90 Å². The smallest absolute Gasteiger partial charge is 0.309 e. The lowest BCUT2D eigenvalue weighted by molar-refractivity contribution is -0.143. The quantitative estimate of drug-likeness (QED) is 0.822. The first-order valence-electron chi connectivity index (χ1n) is 5.32. The third-order valence-electron chi connectivity index (χ3n) is 3.13. The van der Waals surface area contributed by atoms with Crippen LogP contribution in [0.4, 0.5) is 0 Å². The highest BCUT2D eigenvalue weighted by Gasteiger charge is 2.49. The van der Waals surface area contributed by atoms with Crippen LogP contribution in [0.1, 0.15) is 29.5 Å². The lowest BCUT2D eigenvalue weighted by Crippen LogP contribution is -2.17. The van der Waals surface area contributed by atoms with E-state index in [1.54, 1.807) is 0 Å². The van der Waals surface area contributed by atoms with Gasteiger partial charge in [0, 0.05) is 0 Å². The summed E-state index contributed by atoms with van der Waals surface area (Å²) in [6.07, 6.45) is 2.34. The Morgan fingerprint density at radius 2 is 1.80 bits per heavy atom. The average molecular weight is 204 g/mol. The van der Waals surface area contributed by atoms with E-state index in [0.29, 0.717) is 6.42 Å². The van der Waals surface area contributed by atoms with Crippen molar-refractivity contribution in [2.75, 3.05) is 0 Å². The zero-order valence-electron chi connectivity index (χ0n) is 9.21. The van der Waals surface area contributed by atoms with Crippen molar-refractivity contribution in [3.8, 4) is 0 Å². The Morgan fingerprint density at radius 3 is 2.20 bits per heavy atom. The van der Waals surface area contributed by atoms with Crippen LogP contribution in [0.5, 0.6) is 0 Å². The van der Waals surface area contributed by atoms with Crippen molar-refractivity contribution in [1.82, 2.24) is 0 Å². The first-order valence-corrected chi connectivity index (χ1v) is 5.32. The SMILES string of the molecule is Cc1cc(C)cc(CC2(C(=O)O)CC2)c1. The number of benzene rings is 1. The second-order valence-electron chi connectivity index (χ2n) is 4.76. The summed E-state index contributed by atoms with van der Waals surface area (Å²) < 4.78 is 0. The molecule has 15 heavy (non-hydrogen) atoms. The second-order valence-corrected chi connectivity index (χ2v) is 4.76. The van der Waals surface area contributed by atoms with Crippen LogP contribution in [0, 0.1) is 19.3 Å². The maximum Gasteiger partial charge on any atom is 0.309 e. The monoisotopic (exact) mass is 204 g/mol. The van der Waals surface area contributed by atoms with Crippen molar-refractivity contribution >= 4 is 5.97 Å². The maximum atomic E-state index is 11.1. The molecule has 80 valence electrons. The molecule has 1 N–H and O–H groups in total. The molecule has 2 rings (SSSR count). The third-order valence-corrected chi connectivity index (χ3v) is 3.13. The topological polar surface area (TPSA) is 37.3 Å². The fraction of sp³-hybridized carbons (Fsp3) is 0.462. The molecule has 1 aliphatic rings. The van der Waals surface area contributed by atoms with E-state index in [-0.39, 0.29) is 0 Å². The van der Waals surface area contributed by atoms with Crippen molar-refractivity contribution in [2.45, 2.75) is 33.1 Å². The fourth-order valence-corrected chi connectivity index (χ4v) is 2.18. The molecule has 0 aromatic heterocycles. The summed E-state index contributed by atoms with van der Waals surface area (Å²) in [6, 6.07) is 6.30. The van der Waals surface area contributed by atoms with Gasteiger partial charge in [-0.3, -0.25) is 4.79 Å². The Hall–Kier alpha value is -1.31. The molecule has 0 spiro atoms. The first-order chi connectivity index (χ1) is 7.02. The molecular formula is C13H16O2. The van der Waals surface area contributed by atoms with E-state index >= 15 is 0 Å². The Bertz CT molecular complexity index is 383. The molecule has 0 saturated heterocycles. The highest BCUT2D eigenvalue weighted by molar-refractivity contribution is 5.78. The third kappa shape index (κ3) is 2.04. The van der Waals surface area contributed by atoms with Gasteiger partial charge in [-0.25, -0.2) is 0 Å². The van der Waals surface area contributed by atoms with E-state index in [2.05, 4.69) is 32.0 Å². The standard InChI is InChI=1S/C13H16O2/c1-9-5-10(2)7-11(6-9)8-13(3-4-13)12(14)15/h5-7H,3-4,8H2,1-2H3,(H,14,15). The number of rotatable bonds is 3. The van der Waals surface area contributed by atoms with Gasteiger partial charge in [-0.2, -0.15) is 0 Å². The molecule has 0 aliphatic heterocycles. The number of carboxylic acid groups (broad SMARTS) is 1. The van der Waals surface area contributed by atoms with Crippen LogP contribution in [0.3, 0.4) is 0 Å². The minimum Gasteiger partial charge on any atom is -0.481 e. The van der Waals surface area contributed by atoms with E-state index in [9.17, 15) is 4.79 Å². The molecule has 2 nitrogen and oxygen atoms in total. The van der Waals surface area contributed by atoms with Crippen LogP contribution < -0.4 is 0 Å². The summed E-state index contributed by atoms with van der Waals surface area (Å²) >= 11 is 0. The Balaban J connectivity index is 2.21. The van der Waals surface area contributed by atoms with Crippen molar-refractivity contribution in [1.29, 1.82) is 0 Å². The Labute approximate surface area is 89.9 Å². The van der Waals surface area contributed by atoms with Crippen LogP contribution in [-0.2, 0) is 11.2 Å². The molecule has 1 saturated carbocycles. The first kappa shape index (κ1) is 10.2. The maximum absolute atomic E-state index is 11.1. The number of aryl methyl sites for hydroxylation is 2. The van der Waals surface area contributed by atoms with Crippen LogP contribution >= 0.6 is 0 Å². The molecule has 0 amide bonds. The van der Waals surface area contributed by atoms with Gasteiger partial charge in [-0.1, -0.05) is 29.3 Å². The van der Waals surface area contributed by atoms with Crippen LogP contribution in [-0.4, -0.2) is 11.1 Å². The van der Waals surface area contributed by atoms with Gasteiger partial charge in [0.2, 0.25) is 0 Å². The average Bonchev–Trinajstić information content (AvgIpc) is 2.83. The second kappa shape index (κ2) is 3.37. The van der Waals surface area contributed by atoms with Gasteiger partial charge in [-0.05, 0) is 38.7 Å². The molecule has 0 bridgehead atoms.